The van der Waals surface area contributed by atoms with E-state index in [2.05, 4.69) is 22.7 Å². The average Bonchev–Trinajstić information content (AvgIpc) is 2.42. The number of aromatic nitrogens is 1. The van der Waals surface area contributed by atoms with E-state index in [1.54, 1.807) is 6.07 Å². The number of nitrogen functional groups attached to an aromatic ring is 1. The van der Waals surface area contributed by atoms with Crippen molar-refractivity contribution in [2.75, 3.05) is 10.7 Å². The van der Waals surface area contributed by atoms with Crippen LogP contribution in [0.4, 0.5) is 11.6 Å². The SMILES string of the molecule is CC(Nc1nc(NN)c(Cl)cc1Cl)C1CCCCC1. The molecule has 19 heavy (non-hydrogen) atoms. The lowest BCUT2D eigenvalue weighted by molar-refractivity contribution is 0.328. The van der Waals surface area contributed by atoms with Crippen LogP contribution in [-0.2, 0) is 0 Å². The number of nitrogens with one attached hydrogen (secondary N) is 2. The molecule has 1 atom stereocenters. The number of hydrogen-bond donors (Lipinski definition) is 3. The van der Waals surface area contributed by atoms with E-state index in [-0.39, 0.29) is 0 Å². The Bertz CT molecular complexity index is 433. The van der Waals surface area contributed by atoms with Gasteiger partial charge in [0.05, 0.1) is 10.0 Å². The highest BCUT2D eigenvalue weighted by atomic mass is 35.5. The van der Waals surface area contributed by atoms with E-state index in [9.17, 15) is 0 Å². The number of nitrogens with zero attached hydrogens (tertiary/aromatic N) is 1. The quantitative estimate of drug-likeness (QED) is 0.580. The first-order chi connectivity index (χ1) is 9.11. The molecule has 0 amide bonds. The summed E-state index contributed by atoms with van der Waals surface area (Å²) in [5.41, 5.74) is 2.47. The Balaban J connectivity index is 2.09. The monoisotopic (exact) mass is 302 g/mol. The molecule has 0 aliphatic heterocycles. The Morgan fingerprint density at radius 3 is 2.47 bits per heavy atom. The minimum atomic E-state index is 0.345. The van der Waals surface area contributed by atoms with Gasteiger partial charge in [0.1, 0.15) is 5.82 Å². The summed E-state index contributed by atoms with van der Waals surface area (Å²) < 4.78 is 0. The summed E-state index contributed by atoms with van der Waals surface area (Å²) >= 11 is 12.1. The third kappa shape index (κ3) is 3.65. The predicted octanol–water partition coefficient (Wildman–Crippen LogP) is 4.05. The van der Waals surface area contributed by atoms with Gasteiger partial charge in [-0.15, -0.1) is 0 Å². The van der Waals surface area contributed by atoms with Crippen LogP contribution in [0.15, 0.2) is 6.07 Å². The molecule has 0 spiro atoms. The molecule has 1 aromatic heterocycles. The van der Waals surface area contributed by atoms with Crippen molar-refractivity contribution in [3.63, 3.8) is 0 Å². The number of halogens is 2. The Labute approximate surface area is 124 Å². The largest absolute Gasteiger partial charge is 0.366 e. The summed E-state index contributed by atoms with van der Waals surface area (Å²) in [4.78, 5) is 4.31. The molecule has 1 aliphatic carbocycles. The van der Waals surface area contributed by atoms with E-state index in [1.807, 2.05) is 0 Å². The van der Waals surface area contributed by atoms with Gasteiger partial charge in [0, 0.05) is 6.04 Å². The molecule has 106 valence electrons. The summed E-state index contributed by atoms with van der Waals surface area (Å²) in [6.45, 7) is 2.18. The molecular formula is C13H20Cl2N4. The molecule has 1 saturated carbocycles. The molecule has 2 rings (SSSR count). The molecule has 1 unspecified atom stereocenters. The second-order valence-corrected chi connectivity index (χ2v) is 5.94. The molecule has 6 heteroatoms. The Morgan fingerprint density at radius 2 is 1.84 bits per heavy atom. The Kier molecular flexibility index (Phi) is 5.13. The summed E-state index contributed by atoms with van der Waals surface area (Å²) in [6.07, 6.45) is 6.51. The number of rotatable bonds is 4. The molecule has 0 bridgehead atoms. The maximum absolute atomic E-state index is 6.16. The molecular weight excluding hydrogens is 283 g/mol. The smallest absolute Gasteiger partial charge is 0.161 e. The van der Waals surface area contributed by atoms with Gasteiger partial charge in [-0.3, -0.25) is 0 Å². The molecule has 1 aliphatic rings. The van der Waals surface area contributed by atoms with Gasteiger partial charge in [-0.05, 0) is 31.7 Å². The Hall–Kier alpha value is -0.710. The summed E-state index contributed by atoms with van der Waals surface area (Å²) in [5.74, 6) is 7.12. The lowest BCUT2D eigenvalue weighted by Gasteiger charge is -2.29. The van der Waals surface area contributed by atoms with E-state index in [1.165, 1.54) is 32.1 Å². The average molecular weight is 303 g/mol. The van der Waals surface area contributed by atoms with Crippen molar-refractivity contribution >= 4 is 34.8 Å². The zero-order chi connectivity index (χ0) is 13.8. The van der Waals surface area contributed by atoms with Crippen LogP contribution in [0, 0.1) is 5.92 Å². The van der Waals surface area contributed by atoms with Crippen LogP contribution >= 0.6 is 23.2 Å². The van der Waals surface area contributed by atoms with E-state index < -0.39 is 0 Å². The van der Waals surface area contributed by atoms with Crippen LogP contribution in [-0.4, -0.2) is 11.0 Å². The number of hydrazine groups is 1. The van der Waals surface area contributed by atoms with Crippen LogP contribution in [0.3, 0.4) is 0 Å². The van der Waals surface area contributed by atoms with Crippen LogP contribution in [0.2, 0.25) is 10.0 Å². The first-order valence-corrected chi connectivity index (χ1v) is 7.46. The van der Waals surface area contributed by atoms with Crippen LogP contribution < -0.4 is 16.6 Å². The van der Waals surface area contributed by atoms with Crippen molar-refractivity contribution < 1.29 is 0 Å². The van der Waals surface area contributed by atoms with Crippen molar-refractivity contribution in [1.29, 1.82) is 0 Å². The normalized spacial score (nSPS) is 18.1. The van der Waals surface area contributed by atoms with Gasteiger partial charge in [-0.2, -0.15) is 0 Å². The molecule has 0 radical (unpaired) electrons. The van der Waals surface area contributed by atoms with E-state index in [0.717, 1.165) is 0 Å². The fourth-order valence-electron chi connectivity index (χ4n) is 2.64. The highest BCUT2D eigenvalue weighted by Gasteiger charge is 2.21. The summed E-state index contributed by atoms with van der Waals surface area (Å²) in [7, 11) is 0. The number of nitrogens with two attached hydrogens (primary N) is 1. The third-order valence-electron chi connectivity index (χ3n) is 3.79. The van der Waals surface area contributed by atoms with Crippen LogP contribution in [0.1, 0.15) is 39.0 Å². The summed E-state index contributed by atoms with van der Waals surface area (Å²) in [6, 6.07) is 2.00. The lowest BCUT2D eigenvalue weighted by atomic mass is 9.84. The maximum Gasteiger partial charge on any atom is 0.161 e. The zero-order valence-corrected chi connectivity index (χ0v) is 12.6. The maximum atomic E-state index is 6.16. The first-order valence-electron chi connectivity index (χ1n) is 6.71. The highest BCUT2D eigenvalue weighted by Crippen LogP contribution is 2.32. The number of pyridine rings is 1. The highest BCUT2D eigenvalue weighted by molar-refractivity contribution is 6.37. The molecule has 1 heterocycles. The Morgan fingerprint density at radius 1 is 1.21 bits per heavy atom. The minimum Gasteiger partial charge on any atom is -0.366 e. The second-order valence-electron chi connectivity index (χ2n) is 5.12. The first kappa shape index (κ1) is 14.7. The van der Waals surface area contributed by atoms with Gasteiger partial charge in [-0.1, -0.05) is 42.5 Å². The van der Waals surface area contributed by atoms with Crippen LogP contribution in [0.5, 0.6) is 0 Å². The van der Waals surface area contributed by atoms with E-state index in [0.29, 0.717) is 33.6 Å². The zero-order valence-electron chi connectivity index (χ0n) is 11.0. The summed E-state index contributed by atoms with van der Waals surface area (Å²) in [5, 5.41) is 4.32. The van der Waals surface area contributed by atoms with Crippen molar-refractivity contribution in [2.45, 2.75) is 45.1 Å². The fraction of sp³-hybridized carbons (Fsp3) is 0.615. The molecule has 0 aromatic carbocycles. The van der Waals surface area contributed by atoms with Gasteiger partial charge >= 0.3 is 0 Å². The molecule has 1 aromatic rings. The van der Waals surface area contributed by atoms with Crippen LogP contribution in [0.25, 0.3) is 0 Å². The number of anilines is 2. The van der Waals surface area contributed by atoms with Gasteiger partial charge < -0.3 is 10.7 Å². The van der Waals surface area contributed by atoms with Crippen molar-refractivity contribution in [1.82, 2.24) is 4.98 Å². The fourth-order valence-corrected chi connectivity index (χ4v) is 3.10. The third-order valence-corrected chi connectivity index (χ3v) is 4.36. The predicted molar refractivity (Wildman–Crippen MR) is 81.7 cm³/mol. The van der Waals surface area contributed by atoms with Gasteiger partial charge in [0.2, 0.25) is 0 Å². The van der Waals surface area contributed by atoms with Crippen molar-refractivity contribution in [3.8, 4) is 0 Å². The molecule has 4 N–H and O–H groups in total. The van der Waals surface area contributed by atoms with E-state index in [4.69, 9.17) is 29.0 Å². The molecule has 1 fully saturated rings. The van der Waals surface area contributed by atoms with E-state index >= 15 is 0 Å². The van der Waals surface area contributed by atoms with Gasteiger partial charge in [0.25, 0.3) is 0 Å². The topological polar surface area (TPSA) is 63.0 Å². The van der Waals surface area contributed by atoms with Crippen molar-refractivity contribution in [2.24, 2.45) is 11.8 Å². The number of hydrogen-bond acceptors (Lipinski definition) is 4. The van der Waals surface area contributed by atoms with Gasteiger partial charge in [-0.25, -0.2) is 10.8 Å². The van der Waals surface area contributed by atoms with Crippen molar-refractivity contribution in [3.05, 3.63) is 16.1 Å². The van der Waals surface area contributed by atoms with Gasteiger partial charge in [0.15, 0.2) is 5.82 Å². The molecule has 4 nitrogen and oxygen atoms in total. The lowest BCUT2D eigenvalue weighted by Crippen LogP contribution is -2.28. The molecule has 0 saturated heterocycles. The minimum absolute atomic E-state index is 0.345. The standard InChI is InChI=1S/C13H20Cl2N4/c1-8(9-5-3-2-4-6-9)17-12-10(14)7-11(15)13(18-12)19-16/h7-9H,2-6,16H2,1H3,(H2,17,18,19). The second kappa shape index (κ2) is 6.64.